The molecule has 6 nitrogen and oxygen atoms in total. The lowest BCUT2D eigenvalue weighted by atomic mass is 10.2. The fourth-order valence-electron chi connectivity index (χ4n) is 1.28. The molecule has 0 saturated carbocycles. The van der Waals surface area contributed by atoms with Crippen LogP contribution in [0.2, 0.25) is 0 Å². The van der Waals surface area contributed by atoms with Gasteiger partial charge in [-0.1, -0.05) is 0 Å². The number of carboxylic acid groups (broad SMARTS) is 1. The predicted molar refractivity (Wildman–Crippen MR) is 59.1 cm³/mol. The van der Waals surface area contributed by atoms with E-state index in [4.69, 9.17) is 16.1 Å². The van der Waals surface area contributed by atoms with Crippen molar-refractivity contribution in [3.8, 4) is 6.07 Å². The van der Waals surface area contributed by atoms with Gasteiger partial charge >= 0.3 is 5.97 Å². The smallest absolute Gasteiger partial charge is 0.337 e. The van der Waals surface area contributed by atoms with Crippen molar-refractivity contribution in [2.45, 2.75) is 6.42 Å². The molecule has 3 N–H and O–H groups in total. The topological polar surface area (TPSA) is 103 Å². The van der Waals surface area contributed by atoms with Crippen LogP contribution in [0.25, 0.3) is 0 Å². The molecule has 0 radical (unpaired) electrons. The Morgan fingerprint density at radius 1 is 1.75 bits per heavy atom. The quantitative estimate of drug-likeness (QED) is 0.774. The van der Waals surface area contributed by atoms with Crippen LogP contribution < -0.4 is 10.6 Å². The number of carbonyl (C=O) groups is 1. The first kappa shape index (κ1) is 11.8. The minimum absolute atomic E-state index is 0.0220. The first-order chi connectivity index (χ1) is 7.57. The van der Waals surface area contributed by atoms with Crippen LogP contribution in [-0.4, -0.2) is 29.7 Å². The number of pyridine rings is 1. The van der Waals surface area contributed by atoms with Gasteiger partial charge in [0.2, 0.25) is 0 Å². The van der Waals surface area contributed by atoms with Crippen molar-refractivity contribution in [2.24, 2.45) is 0 Å². The van der Waals surface area contributed by atoms with Gasteiger partial charge in [0.25, 0.3) is 0 Å². The Bertz CT molecular complexity index is 439. The molecular weight excluding hydrogens is 208 g/mol. The van der Waals surface area contributed by atoms with E-state index in [1.54, 1.807) is 11.9 Å². The monoisotopic (exact) mass is 220 g/mol. The first-order valence-electron chi connectivity index (χ1n) is 4.63. The summed E-state index contributed by atoms with van der Waals surface area (Å²) >= 11 is 0. The van der Waals surface area contributed by atoms with Gasteiger partial charge in [0, 0.05) is 19.8 Å². The molecule has 0 aliphatic carbocycles. The third kappa shape index (κ3) is 2.39. The highest BCUT2D eigenvalue weighted by Crippen LogP contribution is 2.22. The lowest BCUT2D eigenvalue weighted by Gasteiger charge is -2.18. The van der Waals surface area contributed by atoms with Crippen molar-refractivity contribution in [3.05, 3.63) is 17.8 Å². The number of hydrogen-bond donors (Lipinski definition) is 2. The Hall–Kier alpha value is -2.29. The van der Waals surface area contributed by atoms with Gasteiger partial charge < -0.3 is 15.7 Å². The number of rotatable bonds is 4. The average molecular weight is 220 g/mol. The second-order valence-electron chi connectivity index (χ2n) is 3.23. The molecule has 0 saturated heterocycles. The molecule has 6 heteroatoms. The van der Waals surface area contributed by atoms with E-state index in [2.05, 4.69) is 4.98 Å². The lowest BCUT2D eigenvalue weighted by Crippen LogP contribution is -2.21. The standard InChI is InChI=1S/C10H12N4O2/c1-14(6-2-4-11)9-8(12)7(10(15)16)3-5-13-9/h3,5H,2,6,12H2,1H3,(H,15,16). The van der Waals surface area contributed by atoms with Crippen LogP contribution in [0, 0.1) is 11.3 Å². The maximum absolute atomic E-state index is 10.8. The highest BCUT2D eigenvalue weighted by atomic mass is 16.4. The molecule has 84 valence electrons. The van der Waals surface area contributed by atoms with E-state index < -0.39 is 5.97 Å². The van der Waals surface area contributed by atoms with Crippen LogP contribution >= 0.6 is 0 Å². The van der Waals surface area contributed by atoms with E-state index in [9.17, 15) is 4.79 Å². The molecule has 0 unspecified atom stereocenters. The minimum Gasteiger partial charge on any atom is -0.478 e. The number of hydrogen-bond acceptors (Lipinski definition) is 5. The number of nitrogen functional groups attached to an aromatic ring is 1. The van der Waals surface area contributed by atoms with Crippen molar-refractivity contribution < 1.29 is 9.90 Å². The zero-order chi connectivity index (χ0) is 12.1. The van der Waals surface area contributed by atoms with Gasteiger partial charge in [-0.15, -0.1) is 0 Å². The fraction of sp³-hybridized carbons (Fsp3) is 0.300. The third-order valence-electron chi connectivity index (χ3n) is 2.12. The summed E-state index contributed by atoms with van der Waals surface area (Å²) in [6.45, 7) is 0.455. The van der Waals surface area contributed by atoms with Gasteiger partial charge in [-0.05, 0) is 6.07 Å². The van der Waals surface area contributed by atoms with Crippen LogP contribution in [-0.2, 0) is 0 Å². The van der Waals surface area contributed by atoms with Gasteiger partial charge in [-0.3, -0.25) is 0 Å². The highest BCUT2D eigenvalue weighted by molar-refractivity contribution is 5.96. The molecule has 16 heavy (non-hydrogen) atoms. The predicted octanol–water partition coefficient (Wildman–Crippen LogP) is 0.712. The SMILES string of the molecule is CN(CCC#N)c1nccc(C(=O)O)c1N. The molecule has 0 aliphatic heterocycles. The Balaban J connectivity index is 3.01. The van der Waals surface area contributed by atoms with Gasteiger partial charge in [0.05, 0.1) is 23.7 Å². The molecule has 0 spiro atoms. The van der Waals surface area contributed by atoms with Crippen molar-refractivity contribution in [2.75, 3.05) is 24.2 Å². The third-order valence-corrected chi connectivity index (χ3v) is 2.12. The van der Waals surface area contributed by atoms with E-state index in [0.29, 0.717) is 18.8 Å². The molecule has 1 aromatic heterocycles. The molecule has 0 amide bonds. The zero-order valence-corrected chi connectivity index (χ0v) is 8.84. The van der Waals surface area contributed by atoms with Crippen molar-refractivity contribution in [3.63, 3.8) is 0 Å². The number of nitrogens with two attached hydrogens (primary N) is 1. The summed E-state index contributed by atoms with van der Waals surface area (Å²) in [7, 11) is 1.71. The molecule has 1 aromatic rings. The zero-order valence-electron chi connectivity index (χ0n) is 8.84. The van der Waals surface area contributed by atoms with Crippen LogP contribution in [0.4, 0.5) is 11.5 Å². The maximum atomic E-state index is 10.8. The average Bonchev–Trinajstić information content (AvgIpc) is 2.25. The second kappa shape index (κ2) is 4.98. The Kier molecular flexibility index (Phi) is 3.67. The molecule has 0 fully saturated rings. The van der Waals surface area contributed by atoms with E-state index in [1.807, 2.05) is 6.07 Å². The fourth-order valence-corrected chi connectivity index (χ4v) is 1.28. The van der Waals surface area contributed by atoms with Gasteiger partial charge in [-0.2, -0.15) is 5.26 Å². The normalized spacial score (nSPS) is 9.50. The van der Waals surface area contributed by atoms with Gasteiger partial charge in [-0.25, -0.2) is 9.78 Å². The molecule has 1 rings (SSSR count). The molecule has 0 aromatic carbocycles. The van der Waals surface area contributed by atoms with E-state index in [0.717, 1.165) is 0 Å². The molecule has 0 atom stereocenters. The number of aromatic carboxylic acids is 1. The van der Waals surface area contributed by atoms with Gasteiger partial charge in [0.1, 0.15) is 0 Å². The van der Waals surface area contributed by atoms with Crippen LogP contribution in [0.3, 0.4) is 0 Å². The van der Waals surface area contributed by atoms with Crippen LogP contribution in [0.5, 0.6) is 0 Å². The Morgan fingerprint density at radius 3 is 3.00 bits per heavy atom. The summed E-state index contributed by atoms with van der Waals surface area (Å²) in [5, 5.41) is 17.3. The molecule has 0 aliphatic rings. The Morgan fingerprint density at radius 2 is 2.44 bits per heavy atom. The molecule has 0 bridgehead atoms. The summed E-state index contributed by atoms with van der Waals surface area (Å²) in [6, 6.07) is 3.35. The van der Waals surface area contributed by atoms with Crippen molar-refractivity contribution >= 4 is 17.5 Å². The summed E-state index contributed by atoms with van der Waals surface area (Å²) < 4.78 is 0. The summed E-state index contributed by atoms with van der Waals surface area (Å²) in [6.07, 6.45) is 1.72. The van der Waals surface area contributed by atoms with Crippen LogP contribution in [0.1, 0.15) is 16.8 Å². The maximum Gasteiger partial charge on any atom is 0.337 e. The first-order valence-corrected chi connectivity index (χ1v) is 4.63. The van der Waals surface area contributed by atoms with Crippen molar-refractivity contribution in [1.82, 2.24) is 4.98 Å². The number of carboxylic acids is 1. The molecular formula is C10H12N4O2. The van der Waals surface area contributed by atoms with E-state index in [-0.39, 0.29) is 11.3 Å². The number of aromatic nitrogens is 1. The van der Waals surface area contributed by atoms with E-state index >= 15 is 0 Å². The van der Waals surface area contributed by atoms with Gasteiger partial charge in [0.15, 0.2) is 5.82 Å². The summed E-state index contributed by atoms with van der Waals surface area (Å²) in [5.74, 6) is -0.704. The molecule has 1 heterocycles. The minimum atomic E-state index is -1.09. The van der Waals surface area contributed by atoms with Crippen LogP contribution in [0.15, 0.2) is 12.3 Å². The Labute approximate surface area is 92.9 Å². The van der Waals surface area contributed by atoms with E-state index in [1.165, 1.54) is 12.3 Å². The number of anilines is 2. The summed E-state index contributed by atoms with van der Waals surface area (Å²) in [4.78, 5) is 16.5. The summed E-state index contributed by atoms with van der Waals surface area (Å²) in [5.41, 5.74) is 5.83. The number of nitriles is 1. The van der Waals surface area contributed by atoms with Crippen molar-refractivity contribution in [1.29, 1.82) is 5.26 Å². The number of nitrogens with zero attached hydrogens (tertiary/aromatic N) is 3. The highest BCUT2D eigenvalue weighted by Gasteiger charge is 2.14. The lowest BCUT2D eigenvalue weighted by molar-refractivity contribution is 0.0698. The second-order valence-corrected chi connectivity index (χ2v) is 3.23. The largest absolute Gasteiger partial charge is 0.478 e.